The number of nitrogens with zero attached hydrogens (tertiary/aromatic N) is 1. The molecule has 2 amide bonds. The lowest BCUT2D eigenvalue weighted by molar-refractivity contribution is -0.121. The van der Waals surface area contributed by atoms with Gasteiger partial charge < -0.3 is 10.2 Å². The lowest BCUT2D eigenvalue weighted by atomic mass is 9.99. The molecule has 0 aliphatic carbocycles. The van der Waals surface area contributed by atoms with E-state index in [0.29, 0.717) is 40.0 Å². The van der Waals surface area contributed by atoms with Gasteiger partial charge in [-0.3, -0.25) is 13.8 Å². The van der Waals surface area contributed by atoms with Crippen molar-refractivity contribution in [2.45, 2.75) is 31.1 Å². The standard InChI is InChI=1S/C21H22Cl2N2O3S/c1-29(28)13-14-5-4-6-15(11-14)21(27)25-10-3-2-7-19(25)20(26)24-18-9-8-16(22)12-17(18)23/h4-6,8-9,11-12,19H,2-3,7,10,13H2,1H3,(H,24,26). The quantitative estimate of drug-likeness (QED) is 0.725. The summed E-state index contributed by atoms with van der Waals surface area (Å²) in [5.74, 6) is -0.0796. The molecule has 8 heteroatoms. The maximum absolute atomic E-state index is 13.1. The van der Waals surface area contributed by atoms with Crippen LogP contribution >= 0.6 is 23.2 Å². The SMILES string of the molecule is CS(=O)Cc1cccc(C(=O)N2CCCCC2C(=O)Nc2ccc(Cl)cc2Cl)c1. The molecule has 2 unspecified atom stereocenters. The topological polar surface area (TPSA) is 66.5 Å². The molecular formula is C21H22Cl2N2O3S. The number of halogens is 2. The van der Waals surface area contributed by atoms with Gasteiger partial charge in [-0.2, -0.15) is 0 Å². The van der Waals surface area contributed by atoms with Gasteiger partial charge in [-0.25, -0.2) is 0 Å². The highest BCUT2D eigenvalue weighted by Gasteiger charge is 2.33. The molecule has 1 N–H and O–H groups in total. The summed E-state index contributed by atoms with van der Waals surface area (Å²) in [4.78, 5) is 27.7. The van der Waals surface area contributed by atoms with Crippen molar-refractivity contribution < 1.29 is 13.8 Å². The number of carbonyl (C=O) groups is 2. The van der Waals surface area contributed by atoms with E-state index in [9.17, 15) is 13.8 Å². The van der Waals surface area contributed by atoms with Gasteiger partial charge in [0, 0.05) is 39.9 Å². The maximum atomic E-state index is 13.1. The number of benzene rings is 2. The number of anilines is 1. The predicted octanol–water partition coefficient (Wildman–Crippen LogP) is 4.51. The summed E-state index contributed by atoms with van der Waals surface area (Å²) in [7, 11) is -0.995. The minimum atomic E-state index is -0.995. The molecule has 0 bridgehead atoms. The number of likely N-dealkylation sites (tertiary alicyclic amines) is 1. The molecule has 2 atom stereocenters. The molecule has 0 saturated carbocycles. The molecule has 0 aromatic heterocycles. The first-order valence-corrected chi connectivity index (χ1v) is 11.8. The third-order valence-electron chi connectivity index (χ3n) is 4.80. The Hall–Kier alpha value is -1.89. The van der Waals surface area contributed by atoms with E-state index in [1.54, 1.807) is 47.6 Å². The summed E-state index contributed by atoms with van der Waals surface area (Å²) in [6.45, 7) is 0.509. The second-order valence-electron chi connectivity index (χ2n) is 7.04. The summed E-state index contributed by atoms with van der Waals surface area (Å²) in [6.07, 6.45) is 3.92. The summed E-state index contributed by atoms with van der Waals surface area (Å²) >= 11 is 12.1. The van der Waals surface area contributed by atoms with Gasteiger partial charge in [0.2, 0.25) is 5.91 Å². The molecule has 1 aliphatic rings. The molecule has 1 aliphatic heterocycles. The van der Waals surface area contributed by atoms with E-state index in [1.807, 2.05) is 6.07 Å². The van der Waals surface area contributed by atoms with E-state index >= 15 is 0 Å². The fourth-order valence-electron chi connectivity index (χ4n) is 3.45. The van der Waals surface area contributed by atoms with Crippen LogP contribution in [0.3, 0.4) is 0 Å². The average molecular weight is 453 g/mol. The van der Waals surface area contributed by atoms with Gasteiger partial charge in [-0.15, -0.1) is 0 Å². The van der Waals surface area contributed by atoms with Crippen molar-refractivity contribution >= 4 is 51.5 Å². The molecule has 1 fully saturated rings. The van der Waals surface area contributed by atoms with Crippen LogP contribution in [0.1, 0.15) is 35.2 Å². The van der Waals surface area contributed by atoms with Crippen LogP contribution in [0.25, 0.3) is 0 Å². The smallest absolute Gasteiger partial charge is 0.254 e. The van der Waals surface area contributed by atoms with E-state index in [0.717, 1.165) is 18.4 Å². The summed E-state index contributed by atoms with van der Waals surface area (Å²) in [6, 6.07) is 11.4. The van der Waals surface area contributed by atoms with Gasteiger partial charge in [0.15, 0.2) is 0 Å². The Bertz CT molecular complexity index is 951. The van der Waals surface area contributed by atoms with Crippen molar-refractivity contribution in [3.63, 3.8) is 0 Å². The van der Waals surface area contributed by atoms with Crippen molar-refractivity contribution in [3.05, 3.63) is 63.6 Å². The zero-order chi connectivity index (χ0) is 21.0. The summed E-state index contributed by atoms with van der Waals surface area (Å²) in [5.41, 5.74) is 1.80. The molecule has 0 spiro atoms. The Morgan fingerprint density at radius 2 is 1.97 bits per heavy atom. The highest BCUT2D eigenvalue weighted by Crippen LogP contribution is 2.27. The Morgan fingerprint density at radius 1 is 1.17 bits per heavy atom. The highest BCUT2D eigenvalue weighted by atomic mass is 35.5. The Kier molecular flexibility index (Phi) is 7.33. The van der Waals surface area contributed by atoms with E-state index < -0.39 is 16.8 Å². The van der Waals surface area contributed by atoms with Gasteiger partial charge >= 0.3 is 0 Å². The first-order valence-electron chi connectivity index (χ1n) is 9.31. The number of hydrogen-bond donors (Lipinski definition) is 1. The van der Waals surface area contributed by atoms with Crippen molar-refractivity contribution in [1.29, 1.82) is 0 Å². The molecule has 2 aromatic rings. The molecule has 2 aromatic carbocycles. The van der Waals surface area contributed by atoms with Crippen LogP contribution in [-0.2, 0) is 21.3 Å². The van der Waals surface area contributed by atoms with E-state index in [1.165, 1.54) is 0 Å². The largest absolute Gasteiger partial charge is 0.327 e. The average Bonchev–Trinajstić information content (AvgIpc) is 2.69. The minimum Gasteiger partial charge on any atom is -0.327 e. The third kappa shape index (κ3) is 5.59. The lowest BCUT2D eigenvalue weighted by Crippen LogP contribution is -2.50. The number of piperidine rings is 1. The second kappa shape index (κ2) is 9.74. The van der Waals surface area contributed by atoms with Crippen LogP contribution in [0.15, 0.2) is 42.5 Å². The number of nitrogens with one attached hydrogen (secondary N) is 1. The van der Waals surface area contributed by atoms with Crippen LogP contribution in [0.2, 0.25) is 10.0 Å². The van der Waals surface area contributed by atoms with Gasteiger partial charge in [0.05, 0.1) is 10.7 Å². The van der Waals surface area contributed by atoms with Crippen LogP contribution in [0.4, 0.5) is 5.69 Å². The third-order valence-corrected chi connectivity index (χ3v) is 6.09. The van der Waals surface area contributed by atoms with E-state index in [2.05, 4.69) is 5.32 Å². The van der Waals surface area contributed by atoms with Crippen molar-refractivity contribution in [2.24, 2.45) is 0 Å². The summed E-state index contributed by atoms with van der Waals surface area (Å²) in [5, 5.41) is 3.65. The molecule has 3 rings (SSSR count). The Labute approximate surface area is 182 Å². The monoisotopic (exact) mass is 452 g/mol. The molecular weight excluding hydrogens is 431 g/mol. The molecule has 5 nitrogen and oxygen atoms in total. The minimum absolute atomic E-state index is 0.198. The second-order valence-corrected chi connectivity index (χ2v) is 9.32. The van der Waals surface area contributed by atoms with Gasteiger partial charge in [-0.05, 0) is 55.2 Å². The van der Waals surface area contributed by atoms with Gasteiger partial charge in [0.1, 0.15) is 6.04 Å². The van der Waals surface area contributed by atoms with Crippen molar-refractivity contribution in [1.82, 2.24) is 4.90 Å². The summed E-state index contributed by atoms with van der Waals surface area (Å²) < 4.78 is 11.5. The molecule has 29 heavy (non-hydrogen) atoms. The lowest BCUT2D eigenvalue weighted by Gasteiger charge is -2.35. The number of rotatable bonds is 5. The Balaban J connectivity index is 1.79. The van der Waals surface area contributed by atoms with Gasteiger partial charge in [-0.1, -0.05) is 35.3 Å². The molecule has 1 saturated heterocycles. The first kappa shape index (κ1) is 21.8. The van der Waals surface area contributed by atoms with Crippen LogP contribution < -0.4 is 5.32 Å². The highest BCUT2D eigenvalue weighted by molar-refractivity contribution is 7.83. The normalized spacial score (nSPS) is 17.6. The fraction of sp³-hybridized carbons (Fsp3) is 0.333. The predicted molar refractivity (Wildman–Crippen MR) is 118 cm³/mol. The van der Waals surface area contributed by atoms with E-state index in [4.69, 9.17) is 23.2 Å². The van der Waals surface area contributed by atoms with Crippen LogP contribution in [0, 0.1) is 0 Å². The zero-order valence-corrected chi connectivity index (χ0v) is 18.3. The zero-order valence-electron chi connectivity index (χ0n) is 16.0. The van der Waals surface area contributed by atoms with E-state index in [-0.39, 0.29) is 11.8 Å². The Morgan fingerprint density at radius 3 is 2.69 bits per heavy atom. The number of hydrogen-bond acceptors (Lipinski definition) is 3. The van der Waals surface area contributed by atoms with Crippen molar-refractivity contribution in [2.75, 3.05) is 18.1 Å². The first-order chi connectivity index (χ1) is 13.8. The maximum Gasteiger partial charge on any atom is 0.254 e. The van der Waals surface area contributed by atoms with Gasteiger partial charge in [0.25, 0.3) is 5.91 Å². The number of carbonyl (C=O) groups excluding carboxylic acids is 2. The van der Waals surface area contributed by atoms with Crippen LogP contribution in [-0.4, -0.2) is 39.8 Å². The molecule has 1 heterocycles. The molecule has 154 valence electrons. The van der Waals surface area contributed by atoms with Crippen molar-refractivity contribution in [3.8, 4) is 0 Å². The fourth-order valence-corrected chi connectivity index (χ4v) is 4.55. The molecule has 0 radical (unpaired) electrons. The number of amides is 2. The van der Waals surface area contributed by atoms with Crippen LogP contribution in [0.5, 0.6) is 0 Å².